The molecule has 10 atom stereocenters. The Hall–Kier alpha value is -8.77. The average Bonchev–Trinajstić information content (AvgIpc) is 1.36. The van der Waals surface area contributed by atoms with Crippen LogP contribution in [0.4, 0.5) is 0 Å². The van der Waals surface area contributed by atoms with Gasteiger partial charge in [0, 0.05) is 38.1 Å². The largest absolute Gasteiger partial charge is 0.481 e. The first-order chi connectivity index (χ1) is 43.3. The molecule has 0 aliphatic rings. The average molecular weight is 1300 g/mol. The van der Waals surface area contributed by atoms with Gasteiger partial charge in [-0.1, -0.05) is 77.8 Å². The predicted octanol–water partition coefficient (Wildman–Crippen LogP) is -0.357. The predicted molar refractivity (Wildman–Crippen MR) is 333 cm³/mol. The SMILES string of the molecule is CCCC[C@H](NC(=O)[C@H](CCC(N)=O)NC(=O)[C@H](CCCCN)NC(=O)[C@@H](CCCc1ccccc1)NC(=O)[C@H](CC(C)C)NC(=O)CCC(=O)O)C(=O)N[C@@H](CCC(=O)O)C(=O)N[C@@H](CCC(=O)O)C(=O)N[C@@H](CCC(=O)O)C(=O)N[C@@H](C)C(=O)N[C@H](C)C(C)C. The van der Waals surface area contributed by atoms with Gasteiger partial charge in [-0.2, -0.15) is 0 Å². The summed E-state index contributed by atoms with van der Waals surface area (Å²) < 4.78 is 0. The number of nitrogens with two attached hydrogens (primary N) is 2. The van der Waals surface area contributed by atoms with Crippen LogP contribution in [-0.2, 0) is 78.3 Å². The van der Waals surface area contributed by atoms with Crippen LogP contribution < -0.4 is 64.6 Å². The van der Waals surface area contributed by atoms with E-state index in [0.29, 0.717) is 25.7 Å². The van der Waals surface area contributed by atoms with Crippen molar-refractivity contribution in [2.75, 3.05) is 6.54 Å². The number of carboxylic acid groups (broad SMARTS) is 4. The van der Waals surface area contributed by atoms with Crippen molar-refractivity contribution in [1.82, 2.24) is 53.2 Å². The van der Waals surface area contributed by atoms with E-state index in [0.717, 1.165) is 5.56 Å². The molecular weight excluding hydrogens is 1200 g/mol. The van der Waals surface area contributed by atoms with Crippen molar-refractivity contribution < 1.29 is 92.3 Å². The van der Waals surface area contributed by atoms with Gasteiger partial charge >= 0.3 is 23.9 Å². The summed E-state index contributed by atoms with van der Waals surface area (Å²) in [5, 5.41) is 62.9. The van der Waals surface area contributed by atoms with Crippen LogP contribution in [0.5, 0.6) is 0 Å². The molecule has 0 aliphatic heterocycles. The number of primary amides is 1. The Labute approximate surface area is 535 Å². The fraction of sp³-hybridized carbons (Fsp3) is 0.656. The van der Waals surface area contributed by atoms with Gasteiger partial charge in [0.05, 0.1) is 6.42 Å². The van der Waals surface area contributed by atoms with Crippen molar-refractivity contribution in [1.29, 1.82) is 0 Å². The summed E-state index contributed by atoms with van der Waals surface area (Å²) in [5.41, 5.74) is 12.2. The van der Waals surface area contributed by atoms with Crippen LogP contribution in [0.3, 0.4) is 0 Å². The van der Waals surface area contributed by atoms with Crippen molar-refractivity contribution in [3.05, 3.63) is 35.9 Å². The van der Waals surface area contributed by atoms with E-state index in [1.807, 2.05) is 44.2 Å². The summed E-state index contributed by atoms with van der Waals surface area (Å²) in [7, 11) is 0. The van der Waals surface area contributed by atoms with E-state index in [1.165, 1.54) is 6.92 Å². The van der Waals surface area contributed by atoms with E-state index in [4.69, 9.17) is 16.6 Å². The van der Waals surface area contributed by atoms with E-state index in [1.54, 1.807) is 27.7 Å². The summed E-state index contributed by atoms with van der Waals surface area (Å²) in [5.74, 6) is -16.0. The molecule has 0 fully saturated rings. The zero-order chi connectivity index (χ0) is 69.6. The fourth-order valence-corrected chi connectivity index (χ4v) is 9.02. The van der Waals surface area contributed by atoms with Crippen molar-refractivity contribution >= 4 is 88.9 Å². The number of carbonyl (C=O) groups excluding carboxylic acids is 11. The number of amides is 11. The number of hydrogen-bond donors (Lipinski definition) is 16. The van der Waals surface area contributed by atoms with Gasteiger partial charge in [0.15, 0.2) is 0 Å². The number of aryl methyl sites for hydroxylation is 1. The molecule has 0 heterocycles. The molecule has 0 aromatic heterocycles. The molecule has 516 valence electrons. The normalized spacial score (nSPS) is 14.3. The van der Waals surface area contributed by atoms with Crippen LogP contribution in [0.1, 0.15) is 176 Å². The van der Waals surface area contributed by atoms with E-state index >= 15 is 0 Å². The summed E-state index contributed by atoms with van der Waals surface area (Å²) in [6.07, 6.45) is -3.93. The van der Waals surface area contributed by atoms with E-state index in [2.05, 4.69) is 53.2 Å². The van der Waals surface area contributed by atoms with Gasteiger partial charge in [-0.25, -0.2) is 0 Å². The maximum atomic E-state index is 14.4. The molecule has 92 heavy (non-hydrogen) atoms. The Bertz CT molecular complexity index is 2640. The van der Waals surface area contributed by atoms with E-state index in [-0.39, 0.29) is 62.9 Å². The molecule has 1 aromatic rings. The Kier molecular flexibility index (Phi) is 38.7. The van der Waals surface area contributed by atoms with Gasteiger partial charge in [0.1, 0.15) is 54.4 Å². The molecular formula is C61H98N12O19. The highest BCUT2D eigenvalue weighted by Crippen LogP contribution is 2.14. The Balaban J connectivity index is 3.69. The summed E-state index contributed by atoms with van der Waals surface area (Å²) in [6.45, 7) is 12.3. The van der Waals surface area contributed by atoms with Gasteiger partial charge in [-0.15, -0.1) is 0 Å². The topological polar surface area (TPSA) is 509 Å². The van der Waals surface area contributed by atoms with Crippen molar-refractivity contribution in [3.8, 4) is 0 Å². The standard InChI is InChI=1S/C61H98N12O19/c1-8-9-19-39(55(86)72-44(24-29-50(78)79)60(91)73-45(25-30-51(80)81)59(90)71-43(23-28-49(76)77)54(85)65-37(7)53(84)64-36(6)35(4)5)67-58(89)42(22-26-47(63)74)70-56(87)40(20-13-14-32-62)68-57(88)41(21-15-18-38-16-11-10-12-17-38)69-61(92)46(33-34(2)3)66-48(75)27-31-52(82)83/h10-12,16-17,34-37,39-46H,8-9,13-15,18-33,62H2,1-7H3,(H2,63,74)(H,64,84)(H,65,85)(H,66,75)(H,67,89)(H,68,88)(H,69,92)(H,70,87)(H,71,90)(H,72,86)(H,73,91)(H,76,77)(H,78,79)(H,80,81)(H,82,83)/t36-,37+,39+,40+,41-,42+,43+,44+,45+,46+/m1/s1. The third kappa shape index (κ3) is 34.4. The lowest BCUT2D eigenvalue weighted by molar-refractivity contribution is -0.140. The molecule has 0 unspecified atom stereocenters. The lowest BCUT2D eigenvalue weighted by atomic mass is 10.00. The zero-order valence-electron chi connectivity index (χ0n) is 53.7. The van der Waals surface area contributed by atoms with Gasteiger partial charge in [0.25, 0.3) is 0 Å². The van der Waals surface area contributed by atoms with Crippen LogP contribution in [0.25, 0.3) is 0 Å². The highest BCUT2D eigenvalue weighted by Gasteiger charge is 2.36. The number of aliphatic carboxylic acids is 4. The van der Waals surface area contributed by atoms with Crippen LogP contribution >= 0.6 is 0 Å². The van der Waals surface area contributed by atoms with E-state index < -0.39 is 207 Å². The van der Waals surface area contributed by atoms with Gasteiger partial charge < -0.3 is 85.1 Å². The van der Waals surface area contributed by atoms with E-state index in [9.17, 15) is 87.2 Å². The zero-order valence-corrected chi connectivity index (χ0v) is 53.7. The second-order valence-electron chi connectivity index (χ2n) is 23.4. The van der Waals surface area contributed by atoms with Crippen LogP contribution in [0.15, 0.2) is 30.3 Å². The number of carbonyl (C=O) groups is 15. The fourth-order valence-electron chi connectivity index (χ4n) is 9.02. The van der Waals surface area contributed by atoms with Crippen LogP contribution in [-0.4, -0.2) is 176 Å². The Morgan fingerprint density at radius 3 is 1.11 bits per heavy atom. The minimum Gasteiger partial charge on any atom is -0.481 e. The molecule has 11 amide bonds. The van der Waals surface area contributed by atoms with Crippen molar-refractivity contribution in [2.45, 2.75) is 237 Å². The second kappa shape index (κ2) is 43.9. The Morgan fingerprint density at radius 1 is 0.391 bits per heavy atom. The second-order valence-corrected chi connectivity index (χ2v) is 23.4. The number of nitrogens with one attached hydrogen (secondary N) is 10. The first-order valence-corrected chi connectivity index (χ1v) is 31.2. The lowest BCUT2D eigenvalue weighted by Crippen LogP contribution is -2.60. The number of rotatable bonds is 48. The number of hydrogen-bond acceptors (Lipinski definition) is 16. The van der Waals surface area contributed by atoms with Crippen LogP contribution in [0.2, 0.25) is 0 Å². The molecule has 0 aliphatic carbocycles. The third-order valence-corrected chi connectivity index (χ3v) is 14.7. The van der Waals surface area contributed by atoms with Crippen LogP contribution in [0, 0.1) is 11.8 Å². The van der Waals surface area contributed by atoms with Gasteiger partial charge in [-0.3, -0.25) is 71.9 Å². The molecule has 1 aromatic carbocycles. The van der Waals surface area contributed by atoms with Gasteiger partial charge in [0.2, 0.25) is 65.0 Å². The first-order valence-electron chi connectivity index (χ1n) is 31.2. The molecule has 0 saturated heterocycles. The lowest BCUT2D eigenvalue weighted by Gasteiger charge is -2.28. The minimum absolute atomic E-state index is 0.0128. The number of carboxylic acids is 4. The summed E-state index contributed by atoms with van der Waals surface area (Å²) in [4.78, 5) is 197. The van der Waals surface area contributed by atoms with Crippen molar-refractivity contribution in [3.63, 3.8) is 0 Å². The highest BCUT2D eigenvalue weighted by atomic mass is 16.4. The summed E-state index contributed by atoms with van der Waals surface area (Å²) in [6, 6.07) is -4.76. The van der Waals surface area contributed by atoms with Gasteiger partial charge in [-0.05, 0) is 115 Å². The maximum absolute atomic E-state index is 14.4. The molecule has 31 nitrogen and oxygen atoms in total. The molecule has 18 N–H and O–H groups in total. The molecule has 0 saturated carbocycles. The molecule has 0 radical (unpaired) electrons. The minimum atomic E-state index is -1.83. The maximum Gasteiger partial charge on any atom is 0.303 e. The highest BCUT2D eigenvalue weighted by molar-refractivity contribution is 5.99. The Morgan fingerprint density at radius 2 is 0.750 bits per heavy atom. The monoisotopic (exact) mass is 1300 g/mol. The number of benzene rings is 1. The number of unbranched alkanes of at least 4 members (excludes halogenated alkanes) is 2. The smallest absolute Gasteiger partial charge is 0.303 e. The molecule has 0 bridgehead atoms. The quantitative estimate of drug-likeness (QED) is 0.0371. The molecule has 1 rings (SSSR count). The molecule has 31 heteroatoms. The third-order valence-electron chi connectivity index (χ3n) is 14.7. The summed E-state index contributed by atoms with van der Waals surface area (Å²) >= 11 is 0. The molecule has 0 spiro atoms. The first kappa shape index (κ1) is 81.2. The van der Waals surface area contributed by atoms with Crippen molar-refractivity contribution in [2.24, 2.45) is 23.3 Å².